The quantitative estimate of drug-likeness (QED) is 0.0303. The third-order valence-electron chi connectivity index (χ3n) is 14.6. The molecule has 4 aliphatic heterocycles. The predicted molar refractivity (Wildman–Crippen MR) is 256 cm³/mol. The van der Waals surface area contributed by atoms with Crippen LogP contribution in [0.5, 0.6) is 0 Å². The second-order valence-corrected chi connectivity index (χ2v) is 20.7. The zero-order chi connectivity index (χ0) is 55.8. The topological polar surface area (TPSA) is 386 Å². The first kappa shape index (κ1) is 65.2. The summed E-state index contributed by atoms with van der Waals surface area (Å²) in [6.45, 7) is 8.86. The number of aliphatic hydroxyl groups is 11. The number of rotatable bonds is 30. The van der Waals surface area contributed by atoms with E-state index in [1.807, 2.05) is 6.92 Å². The molecule has 4 heterocycles. The van der Waals surface area contributed by atoms with Crippen LogP contribution >= 0.6 is 0 Å². The van der Waals surface area contributed by atoms with E-state index >= 15 is 0 Å². The fourth-order valence-electron chi connectivity index (χ4n) is 9.14. The number of hydrogen-bond acceptors (Lipinski definition) is 24. The highest BCUT2D eigenvalue weighted by Crippen LogP contribution is 2.35. The zero-order valence-corrected chi connectivity index (χ0v) is 44.2. The van der Waals surface area contributed by atoms with Crippen molar-refractivity contribution in [1.29, 1.82) is 0 Å². The number of carboxylic acids is 1. The van der Waals surface area contributed by atoms with Crippen LogP contribution in [0.25, 0.3) is 0 Å². The number of aliphatic carboxylic acids is 1. The summed E-state index contributed by atoms with van der Waals surface area (Å²) >= 11 is 0. The second kappa shape index (κ2) is 31.4. The van der Waals surface area contributed by atoms with Gasteiger partial charge < -0.3 is 109 Å². The molecular formula is C50H88O25. The first-order valence-electron chi connectivity index (χ1n) is 26.7. The van der Waals surface area contributed by atoms with Crippen LogP contribution in [-0.2, 0) is 61.8 Å². The van der Waals surface area contributed by atoms with Gasteiger partial charge in [-0.3, -0.25) is 14.4 Å². The molecule has 0 aliphatic carbocycles. The molecule has 0 amide bonds. The molecule has 4 aliphatic rings. The summed E-state index contributed by atoms with van der Waals surface area (Å²) in [5.41, 5.74) is 0. The maximum absolute atomic E-state index is 12.9. The molecule has 0 bridgehead atoms. The Kier molecular flexibility index (Phi) is 27.3. The summed E-state index contributed by atoms with van der Waals surface area (Å²) < 4.78 is 59.1. The van der Waals surface area contributed by atoms with E-state index in [1.165, 1.54) is 41.5 Å². The van der Waals surface area contributed by atoms with Crippen molar-refractivity contribution in [3.63, 3.8) is 0 Å². The molecule has 0 spiro atoms. The van der Waals surface area contributed by atoms with Crippen LogP contribution in [0, 0.1) is 11.8 Å². The van der Waals surface area contributed by atoms with Crippen LogP contribution in [-0.4, -0.2) is 234 Å². The minimum atomic E-state index is -2.04. The van der Waals surface area contributed by atoms with E-state index in [4.69, 9.17) is 52.5 Å². The third-order valence-corrected chi connectivity index (χ3v) is 14.6. The Morgan fingerprint density at radius 2 is 0.987 bits per heavy atom. The molecular weight excluding hydrogens is 1000 g/mol. The number of aliphatic hydroxyl groups excluding tert-OH is 11. The summed E-state index contributed by atoms with van der Waals surface area (Å²) in [7, 11) is 0. The van der Waals surface area contributed by atoms with Crippen molar-refractivity contribution in [2.75, 3.05) is 13.2 Å². The SMILES string of the molecule is CCCCC[C@@H](CCCCCCCCCC(=O)O)O[C@@H]1O[C@H](CO[C@@H]2O[C@@H](C)[C@H](O)[C@@H](O)[C@H]2OC(=O)[C@H](C)[C@@H](C)O)[C@@H](O)[C@H](O)[C@H]1O[C@@H]1O[C@H](CO)[C@@H](O[C@@H]2O[C@@H](C)[C@H](O)[C@@H](OC(=O)[C@H](C)[C@@H](C)O)[C@H]2O)[C@H](O)[C@H]1O. The molecule has 4 saturated heterocycles. The number of unbranched alkanes of at least 4 members (excludes halogenated alkanes) is 8. The number of esters is 2. The average molecular weight is 1090 g/mol. The number of carbonyl (C=O) groups excluding carboxylic acids is 2. The minimum absolute atomic E-state index is 0.120. The van der Waals surface area contributed by atoms with E-state index in [9.17, 15) is 70.6 Å². The van der Waals surface area contributed by atoms with E-state index < -0.39 is 184 Å². The lowest BCUT2D eigenvalue weighted by Gasteiger charge is -2.48. The Bertz CT molecular complexity index is 1680. The molecule has 0 aromatic carbocycles. The summed E-state index contributed by atoms with van der Waals surface area (Å²) in [5.74, 6) is -4.79. The van der Waals surface area contributed by atoms with Crippen molar-refractivity contribution in [1.82, 2.24) is 0 Å². The Morgan fingerprint density at radius 3 is 1.56 bits per heavy atom. The van der Waals surface area contributed by atoms with E-state index in [-0.39, 0.29) is 6.42 Å². The Balaban J connectivity index is 1.57. The molecule has 75 heavy (non-hydrogen) atoms. The lowest BCUT2D eigenvalue weighted by Crippen LogP contribution is -2.67. The Labute approximate surface area is 438 Å². The van der Waals surface area contributed by atoms with Crippen LogP contribution < -0.4 is 0 Å². The minimum Gasteiger partial charge on any atom is -0.481 e. The molecule has 4 rings (SSSR count). The largest absolute Gasteiger partial charge is 0.481 e. The molecule has 0 unspecified atom stereocenters. The van der Waals surface area contributed by atoms with Crippen LogP contribution in [0.15, 0.2) is 0 Å². The van der Waals surface area contributed by atoms with E-state index in [0.29, 0.717) is 25.7 Å². The van der Waals surface area contributed by atoms with E-state index in [2.05, 4.69) is 0 Å². The summed E-state index contributed by atoms with van der Waals surface area (Å²) in [6, 6.07) is 0. The first-order chi connectivity index (χ1) is 35.4. The van der Waals surface area contributed by atoms with Gasteiger partial charge in [0.15, 0.2) is 37.4 Å². The molecule has 438 valence electrons. The van der Waals surface area contributed by atoms with Gasteiger partial charge in [-0.15, -0.1) is 0 Å². The van der Waals surface area contributed by atoms with Crippen LogP contribution in [0.1, 0.15) is 132 Å². The van der Waals surface area contributed by atoms with Gasteiger partial charge in [-0.2, -0.15) is 0 Å². The van der Waals surface area contributed by atoms with Crippen molar-refractivity contribution < 1.29 is 123 Å². The second-order valence-electron chi connectivity index (χ2n) is 20.7. The molecule has 4 fully saturated rings. The molecule has 25 atom stereocenters. The summed E-state index contributed by atoms with van der Waals surface area (Å²) in [6.07, 6.45) is -26.6. The van der Waals surface area contributed by atoms with Crippen LogP contribution in [0.2, 0.25) is 0 Å². The maximum atomic E-state index is 12.9. The molecule has 25 nitrogen and oxygen atoms in total. The fourth-order valence-corrected chi connectivity index (χ4v) is 9.14. The molecule has 0 saturated carbocycles. The number of carbonyl (C=O) groups is 3. The highest BCUT2D eigenvalue weighted by atomic mass is 16.8. The zero-order valence-electron chi connectivity index (χ0n) is 44.2. The van der Waals surface area contributed by atoms with Gasteiger partial charge in [0, 0.05) is 6.42 Å². The van der Waals surface area contributed by atoms with Gasteiger partial charge in [-0.1, -0.05) is 64.7 Å². The van der Waals surface area contributed by atoms with Crippen molar-refractivity contribution >= 4 is 17.9 Å². The van der Waals surface area contributed by atoms with Crippen molar-refractivity contribution in [3.8, 4) is 0 Å². The monoisotopic (exact) mass is 1090 g/mol. The molecule has 0 aromatic heterocycles. The highest BCUT2D eigenvalue weighted by molar-refractivity contribution is 5.73. The van der Waals surface area contributed by atoms with Gasteiger partial charge in [-0.25, -0.2) is 0 Å². The average Bonchev–Trinajstić information content (AvgIpc) is 3.36. The Hall–Kier alpha value is -2.35. The van der Waals surface area contributed by atoms with Gasteiger partial charge >= 0.3 is 17.9 Å². The van der Waals surface area contributed by atoms with E-state index in [1.54, 1.807) is 0 Å². The van der Waals surface area contributed by atoms with Gasteiger partial charge in [0.1, 0.15) is 73.2 Å². The summed E-state index contributed by atoms with van der Waals surface area (Å²) in [5, 5.41) is 130. The van der Waals surface area contributed by atoms with E-state index in [0.717, 1.165) is 51.4 Å². The molecule has 0 aromatic rings. The van der Waals surface area contributed by atoms with Gasteiger partial charge in [0.2, 0.25) is 0 Å². The molecule has 12 N–H and O–H groups in total. The third kappa shape index (κ3) is 18.3. The normalized spacial score (nSPS) is 38.5. The number of ether oxygens (including phenoxy) is 10. The Morgan fingerprint density at radius 1 is 0.507 bits per heavy atom. The predicted octanol–water partition coefficient (Wildman–Crippen LogP) is -0.989. The van der Waals surface area contributed by atoms with Crippen molar-refractivity contribution in [3.05, 3.63) is 0 Å². The smallest absolute Gasteiger partial charge is 0.311 e. The van der Waals surface area contributed by atoms with Crippen molar-refractivity contribution in [2.45, 2.75) is 273 Å². The first-order valence-corrected chi connectivity index (χ1v) is 26.7. The highest BCUT2D eigenvalue weighted by Gasteiger charge is 2.55. The summed E-state index contributed by atoms with van der Waals surface area (Å²) in [4.78, 5) is 36.5. The lowest BCUT2D eigenvalue weighted by molar-refractivity contribution is -0.388. The van der Waals surface area contributed by atoms with Crippen molar-refractivity contribution in [2.24, 2.45) is 11.8 Å². The molecule has 25 heteroatoms. The van der Waals surface area contributed by atoms with Crippen LogP contribution in [0.3, 0.4) is 0 Å². The molecule has 0 radical (unpaired) electrons. The maximum Gasteiger partial charge on any atom is 0.311 e. The van der Waals surface area contributed by atoms with Gasteiger partial charge in [0.25, 0.3) is 0 Å². The fraction of sp³-hybridized carbons (Fsp3) is 0.940. The number of hydrogen-bond donors (Lipinski definition) is 12. The lowest BCUT2D eigenvalue weighted by atomic mass is 9.96. The van der Waals surface area contributed by atoms with Gasteiger partial charge in [0.05, 0.1) is 55.6 Å². The number of carboxylic acid groups (broad SMARTS) is 1. The standard InChI is InChI=1S/C50H88O25/c1-8-9-15-18-29(19-16-13-11-10-12-14-17-20-32(54)55)69-50-44(37(60)35(58)31(71-50)22-66-49-43(36(59)33(56)27(6)68-49)73-46(65)24(3)26(5)53)75-47-39(62)38(61)41(30(21-51)70-47)74-48-40(63)42(34(57)28(7)67-48)72-45(64)23(2)25(4)52/h23-31,33-44,47-53,56-63H,8-22H2,1-7H3,(H,54,55)/t23-,24-,25-,26-,27+,28+,29+,30-,31-,33+,34+,35-,36-,37+,38-,39-,40-,41-,42-,43-,44-,47+,48+,49-,50-/m1/s1. The van der Waals surface area contributed by atoms with Crippen LogP contribution in [0.4, 0.5) is 0 Å². The van der Waals surface area contributed by atoms with Gasteiger partial charge in [-0.05, 0) is 60.8 Å².